The van der Waals surface area contributed by atoms with Gasteiger partial charge in [0.05, 0.1) is 16.1 Å². The maximum Gasteiger partial charge on any atom is 0.212 e. The number of nitrogens with zero attached hydrogens (tertiary/aromatic N) is 5. The van der Waals surface area contributed by atoms with E-state index >= 15 is 0 Å². The molecule has 0 aliphatic heterocycles. The van der Waals surface area contributed by atoms with E-state index in [1.165, 1.54) is 72.2 Å². The molecule has 0 saturated carbocycles. The average molecular weight is 1280 g/mol. The molecule has 0 N–H and O–H groups in total. The monoisotopic (exact) mass is 1280 g/mol. The van der Waals surface area contributed by atoms with Crippen LogP contribution in [0.15, 0.2) is 189 Å². The molecule has 5 heterocycles. The zero-order chi connectivity index (χ0) is 75.2. The van der Waals surface area contributed by atoms with Gasteiger partial charge in [0.15, 0.2) is 31.0 Å². The Labute approximate surface area is 576 Å². The van der Waals surface area contributed by atoms with E-state index in [1.807, 2.05) is 127 Å². The molecule has 5 aromatic carbocycles. The maximum absolute atomic E-state index is 8.90. The summed E-state index contributed by atoms with van der Waals surface area (Å²) in [5.74, 6) is 0. The van der Waals surface area contributed by atoms with Gasteiger partial charge in [-0.1, -0.05) is 172 Å². The lowest BCUT2D eigenvalue weighted by Gasteiger charge is -2.25. The largest absolute Gasteiger partial charge is 0.212 e. The number of hydrogen-bond acceptors (Lipinski definition) is 0. The lowest BCUT2D eigenvalue weighted by Crippen LogP contribution is -2.47. The molecule has 0 bridgehead atoms. The van der Waals surface area contributed by atoms with Crippen molar-refractivity contribution >= 4 is 26.5 Å². The number of aryl methyl sites for hydroxylation is 15. The normalized spacial score (nSPS) is 13.0. The highest BCUT2D eigenvalue weighted by Crippen LogP contribution is 2.29. The first-order valence-electron chi connectivity index (χ1n) is 36.4. The van der Waals surface area contributed by atoms with Crippen molar-refractivity contribution in [2.45, 2.75) is 163 Å². The molecular weight excluding hydrogens is 1160 g/mol. The van der Waals surface area contributed by atoms with Gasteiger partial charge in [0.2, 0.25) is 28.5 Å². The van der Waals surface area contributed by atoms with Crippen molar-refractivity contribution in [1.82, 2.24) is 0 Å². The molecule has 0 aliphatic carbocycles. The van der Waals surface area contributed by atoms with Gasteiger partial charge < -0.3 is 0 Å². The van der Waals surface area contributed by atoms with Gasteiger partial charge in [-0.3, -0.25) is 0 Å². The highest BCUT2D eigenvalue weighted by atomic mass is 28.3. The summed E-state index contributed by atoms with van der Waals surface area (Å²) in [5.41, 5.74) is 23.8. The second kappa shape index (κ2) is 31.5. The zero-order valence-corrected chi connectivity index (χ0v) is 63.6. The number of aromatic nitrogens is 5. The van der Waals surface area contributed by atoms with Gasteiger partial charge in [-0.2, -0.15) is 0 Å². The van der Waals surface area contributed by atoms with E-state index in [9.17, 15) is 0 Å². The van der Waals surface area contributed by atoms with Gasteiger partial charge >= 0.3 is 0 Å². The fourth-order valence-corrected chi connectivity index (χ4v) is 15.0. The van der Waals surface area contributed by atoms with E-state index in [-0.39, 0.29) is 0 Å². The van der Waals surface area contributed by atoms with Crippen LogP contribution in [0.4, 0.5) is 0 Å². The van der Waals surface area contributed by atoms with Gasteiger partial charge in [0.25, 0.3) is 0 Å². The highest BCUT2D eigenvalue weighted by molar-refractivity contribution is 6.89. The Balaban J connectivity index is 0.000000199. The summed E-state index contributed by atoms with van der Waals surface area (Å²) >= 11 is 0. The highest BCUT2D eigenvalue weighted by Gasteiger charge is 2.29. The third-order valence-electron chi connectivity index (χ3n) is 16.8. The number of pyridine rings is 5. The molecule has 0 radical (unpaired) electrons. The van der Waals surface area contributed by atoms with E-state index in [4.69, 9.17) is 9.60 Å². The minimum Gasteiger partial charge on any atom is -0.201 e. The van der Waals surface area contributed by atoms with Crippen LogP contribution in [-0.4, -0.2) is 16.1 Å². The van der Waals surface area contributed by atoms with Crippen LogP contribution in [0, 0.1) is 80.0 Å². The van der Waals surface area contributed by atoms with E-state index in [0.717, 1.165) is 50.5 Å². The topological polar surface area (TPSA) is 19.4 Å². The Kier molecular flexibility index (Phi) is 21.7. The summed E-state index contributed by atoms with van der Waals surface area (Å²) < 4.78 is 68.0. The van der Waals surface area contributed by atoms with Crippen molar-refractivity contribution in [3.63, 3.8) is 0 Å². The molecule has 5 aromatic heterocycles. The van der Waals surface area contributed by atoms with Crippen LogP contribution in [0.3, 0.4) is 0 Å². The lowest BCUT2D eigenvalue weighted by atomic mass is 9.87. The number of benzene rings is 5. The van der Waals surface area contributed by atoms with Crippen molar-refractivity contribution in [2.75, 3.05) is 0 Å². The molecule has 0 aliphatic rings. The molecule has 5 nitrogen and oxygen atoms in total. The molecule has 0 atom stereocenters. The van der Waals surface area contributed by atoms with Crippen molar-refractivity contribution in [3.8, 4) is 56.3 Å². The first kappa shape index (κ1) is 64.0. The van der Waals surface area contributed by atoms with Crippen LogP contribution in [-0.2, 0) is 48.0 Å². The van der Waals surface area contributed by atoms with Crippen molar-refractivity contribution in [2.24, 2.45) is 46.1 Å². The Hall–Kier alpha value is -7.72. The SMILES string of the molecule is Cc1cc[n+](C)c(-c2ccccc2C)c1.Cc1ccccc1-c1cc(C)c([Si](C)(C)C)c[n+]1C.[2H]C([2H])([2H])c1c[n+](C)c(-c2ccccc2C)cc1C.[2H]C([2H])(c1c[n+](C)c(-c2ccccc2C)cc1C)C(C)(C)C.[2H]C([2H])(c1cc(-c2ccccc2C)[n+](C)cc1[Si](C)(C)C)C(C)(C)C. The predicted molar refractivity (Wildman–Crippen MR) is 405 cm³/mol. The first-order valence-corrected chi connectivity index (χ1v) is 39.9. The molecule has 10 aromatic rings. The standard InChI is InChI=1S/C21H32NSi.C19H26N.C17H24NSi.C15H18N.C14H16N/c1-16-11-9-10-12-18(16)19-13-17(14-21(2,3)4)20(15-22(19)5)23(6,7)8;1-14-9-7-8-10-17(14)18-11-15(2)16(13-20(18)6)12-19(3,4)5;1-13-9-7-8-10-15(13)16-11-14(2)17(12-18(16)3)19(4,5)6;1-11-7-5-6-8-14(11)15-9-12(2)13(3)10-16(15)4;1-11-8-9-15(3)14(10-11)13-7-5-4-6-12(13)2/h9-13,15H,14H2,1-8H3;7-11,13H,12H2,1-6H3;7-12H,1-6H3;5-10H,1-4H3;4-10H,1-3H3/q5*+1/i14D2;12D2;;3D3;. The molecule has 0 amide bonds. The Bertz CT molecular complexity index is 4410. The average Bonchev–Trinajstić information content (AvgIpc) is 0.758. The predicted octanol–water partition coefficient (Wildman–Crippen LogP) is 18.2. The fourth-order valence-electron chi connectivity index (χ4n) is 11.6. The Morgan fingerprint density at radius 2 is 0.634 bits per heavy atom. The second-order valence-electron chi connectivity index (χ2n) is 29.7. The minimum atomic E-state index is -2.06. The molecular formula is C86H116N5Si2+5. The minimum absolute atomic E-state index is 0.410. The molecule has 0 unspecified atom stereocenters. The van der Waals surface area contributed by atoms with Crippen LogP contribution < -0.4 is 33.2 Å². The van der Waals surface area contributed by atoms with E-state index in [2.05, 4.69) is 256 Å². The third kappa shape index (κ3) is 20.6. The maximum atomic E-state index is 8.90. The van der Waals surface area contributed by atoms with E-state index < -0.39 is 46.6 Å². The summed E-state index contributed by atoms with van der Waals surface area (Å²) in [6, 6.07) is 54.7. The van der Waals surface area contributed by atoms with Gasteiger partial charge in [0, 0.05) is 95.3 Å². The smallest absolute Gasteiger partial charge is 0.201 e. The molecule has 0 saturated heterocycles. The van der Waals surface area contributed by atoms with Crippen LogP contribution in [0.1, 0.15) is 118 Å². The van der Waals surface area contributed by atoms with E-state index in [1.54, 1.807) is 11.4 Å². The summed E-state index contributed by atoms with van der Waals surface area (Å²) in [6.45, 7) is 42.6. The van der Waals surface area contributed by atoms with Gasteiger partial charge in [-0.25, -0.2) is 22.8 Å². The summed E-state index contributed by atoms with van der Waals surface area (Å²) in [6.07, 6.45) is 7.51. The summed E-state index contributed by atoms with van der Waals surface area (Å²) in [5, 5.41) is 2.75. The van der Waals surface area contributed by atoms with Crippen molar-refractivity contribution in [1.29, 1.82) is 0 Å². The summed E-state index contributed by atoms with van der Waals surface area (Å²) in [4.78, 5) is 0. The van der Waals surface area contributed by atoms with Gasteiger partial charge in [0.1, 0.15) is 35.2 Å². The lowest BCUT2D eigenvalue weighted by molar-refractivity contribution is -0.661. The van der Waals surface area contributed by atoms with Gasteiger partial charge in [-0.15, -0.1) is 0 Å². The Morgan fingerprint density at radius 3 is 1.00 bits per heavy atom. The molecule has 0 fully saturated rings. The van der Waals surface area contributed by atoms with Gasteiger partial charge in [-0.05, 0) is 179 Å². The number of hydrogen-bond donors (Lipinski definition) is 0. The number of rotatable bonds is 9. The molecule has 0 spiro atoms. The van der Waals surface area contributed by atoms with Crippen molar-refractivity contribution < 1.29 is 32.4 Å². The molecule has 488 valence electrons. The molecule has 7 heteroatoms. The zero-order valence-electron chi connectivity index (χ0n) is 68.6. The van der Waals surface area contributed by atoms with Crippen LogP contribution >= 0.6 is 0 Å². The quantitative estimate of drug-likeness (QED) is 0.101. The second-order valence-corrected chi connectivity index (χ2v) is 39.8. The van der Waals surface area contributed by atoms with Crippen molar-refractivity contribution in [3.05, 3.63) is 255 Å². The molecule has 10 rings (SSSR count). The fraction of sp³-hybridized carbons (Fsp3) is 0.360. The third-order valence-corrected chi connectivity index (χ3v) is 20.9. The summed E-state index contributed by atoms with van der Waals surface area (Å²) in [7, 11) is 7.22. The first-order chi connectivity index (χ1) is 46.1. The van der Waals surface area contributed by atoms with Crippen LogP contribution in [0.5, 0.6) is 0 Å². The van der Waals surface area contributed by atoms with Crippen LogP contribution in [0.25, 0.3) is 56.3 Å². The Morgan fingerprint density at radius 1 is 0.323 bits per heavy atom. The molecule has 93 heavy (non-hydrogen) atoms. The van der Waals surface area contributed by atoms with Crippen LogP contribution in [0.2, 0.25) is 39.3 Å². The van der Waals surface area contributed by atoms with E-state index in [0.29, 0.717) is 5.56 Å².